The standard InChI is InChI=1S/C10H10BrFO2/c1-6-8(4-10(13)14)2-7(5-11)3-9(6)12/h2-3H,4-5H2,1H3,(H,13,14). The van der Waals surface area contributed by atoms with E-state index in [1.54, 1.807) is 13.0 Å². The molecular weight excluding hydrogens is 251 g/mol. The second-order valence-corrected chi connectivity index (χ2v) is 3.63. The highest BCUT2D eigenvalue weighted by molar-refractivity contribution is 9.08. The largest absolute Gasteiger partial charge is 0.481 e. The van der Waals surface area contributed by atoms with Crippen molar-refractivity contribution >= 4 is 21.9 Å². The maximum absolute atomic E-state index is 13.3. The van der Waals surface area contributed by atoms with Crippen molar-refractivity contribution in [3.63, 3.8) is 0 Å². The molecule has 0 aliphatic heterocycles. The van der Waals surface area contributed by atoms with E-state index in [4.69, 9.17) is 5.11 Å². The van der Waals surface area contributed by atoms with E-state index < -0.39 is 5.97 Å². The molecule has 1 rings (SSSR count). The molecule has 0 unspecified atom stereocenters. The lowest BCUT2D eigenvalue weighted by atomic mass is 10.0. The molecule has 0 heterocycles. The molecule has 0 aromatic heterocycles. The predicted octanol–water partition coefficient (Wildman–Crippen LogP) is 2.66. The van der Waals surface area contributed by atoms with Gasteiger partial charge in [-0.3, -0.25) is 4.79 Å². The number of hydrogen-bond donors (Lipinski definition) is 1. The third-order valence-corrected chi connectivity index (χ3v) is 2.66. The Balaban J connectivity index is 3.13. The number of carboxylic acids is 1. The zero-order chi connectivity index (χ0) is 10.7. The Kier molecular flexibility index (Phi) is 3.63. The van der Waals surface area contributed by atoms with E-state index in [-0.39, 0.29) is 12.2 Å². The summed E-state index contributed by atoms with van der Waals surface area (Å²) in [5.41, 5.74) is 1.70. The topological polar surface area (TPSA) is 37.3 Å². The number of rotatable bonds is 3. The van der Waals surface area contributed by atoms with Crippen LogP contribution in [0.3, 0.4) is 0 Å². The SMILES string of the molecule is Cc1c(F)cc(CBr)cc1CC(=O)O. The quantitative estimate of drug-likeness (QED) is 0.849. The summed E-state index contributed by atoms with van der Waals surface area (Å²) in [7, 11) is 0. The van der Waals surface area contributed by atoms with Gasteiger partial charge in [0.2, 0.25) is 0 Å². The normalized spacial score (nSPS) is 10.2. The summed E-state index contributed by atoms with van der Waals surface area (Å²) in [4.78, 5) is 10.5. The average molecular weight is 261 g/mol. The van der Waals surface area contributed by atoms with Crippen LogP contribution in [0.4, 0.5) is 4.39 Å². The van der Waals surface area contributed by atoms with E-state index in [2.05, 4.69) is 15.9 Å². The maximum atomic E-state index is 13.3. The molecule has 4 heteroatoms. The Morgan fingerprint density at radius 1 is 1.57 bits per heavy atom. The van der Waals surface area contributed by atoms with Crippen molar-refractivity contribution < 1.29 is 14.3 Å². The van der Waals surface area contributed by atoms with Gasteiger partial charge < -0.3 is 5.11 Å². The third kappa shape index (κ3) is 2.54. The molecular formula is C10H10BrFO2. The van der Waals surface area contributed by atoms with Crippen LogP contribution in [-0.4, -0.2) is 11.1 Å². The van der Waals surface area contributed by atoms with E-state index >= 15 is 0 Å². The molecule has 0 aliphatic carbocycles. The van der Waals surface area contributed by atoms with Gasteiger partial charge in [0.15, 0.2) is 0 Å². The number of benzene rings is 1. The summed E-state index contributed by atoms with van der Waals surface area (Å²) in [5.74, 6) is -1.29. The fraction of sp³-hybridized carbons (Fsp3) is 0.300. The summed E-state index contributed by atoms with van der Waals surface area (Å²) in [6, 6.07) is 3.12. The summed E-state index contributed by atoms with van der Waals surface area (Å²) in [6.45, 7) is 1.59. The molecule has 76 valence electrons. The lowest BCUT2D eigenvalue weighted by Crippen LogP contribution is -2.04. The van der Waals surface area contributed by atoms with Crippen LogP contribution in [0.5, 0.6) is 0 Å². The van der Waals surface area contributed by atoms with Crippen LogP contribution >= 0.6 is 15.9 Å². The molecule has 0 aliphatic rings. The molecule has 0 amide bonds. The Hall–Kier alpha value is -0.900. The molecule has 0 saturated heterocycles. The van der Waals surface area contributed by atoms with Crippen LogP contribution < -0.4 is 0 Å². The first-order valence-electron chi connectivity index (χ1n) is 4.10. The van der Waals surface area contributed by atoms with Crippen molar-refractivity contribution in [1.82, 2.24) is 0 Å². The minimum atomic E-state index is -0.945. The van der Waals surface area contributed by atoms with Crippen molar-refractivity contribution in [2.24, 2.45) is 0 Å². The van der Waals surface area contributed by atoms with Gasteiger partial charge >= 0.3 is 5.97 Å². The second kappa shape index (κ2) is 4.55. The molecule has 2 nitrogen and oxygen atoms in total. The number of carbonyl (C=O) groups is 1. The molecule has 0 fully saturated rings. The zero-order valence-corrected chi connectivity index (χ0v) is 9.27. The molecule has 0 spiro atoms. The molecule has 1 aromatic carbocycles. The van der Waals surface area contributed by atoms with E-state index in [1.165, 1.54) is 6.07 Å². The minimum Gasteiger partial charge on any atom is -0.481 e. The van der Waals surface area contributed by atoms with Crippen LogP contribution in [0.15, 0.2) is 12.1 Å². The molecule has 0 saturated carbocycles. The van der Waals surface area contributed by atoms with E-state index in [1.807, 2.05) is 0 Å². The first kappa shape index (κ1) is 11.2. The first-order chi connectivity index (χ1) is 6.54. The fourth-order valence-corrected chi connectivity index (χ4v) is 1.55. The fourth-order valence-electron chi connectivity index (χ4n) is 1.22. The molecule has 0 atom stereocenters. The third-order valence-electron chi connectivity index (χ3n) is 2.01. The van der Waals surface area contributed by atoms with Gasteiger partial charge in [-0.25, -0.2) is 4.39 Å². The molecule has 14 heavy (non-hydrogen) atoms. The maximum Gasteiger partial charge on any atom is 0.307 e. The van der Waals surface area contributed by atoms with Crippen molar-refractivity contribution in [2.45, 2.75) is 18.7 Å². The van der Waals surface area contributed by atoms with E-state index in [0.29, 0.717) is 16.5 Å². The van der Waals surface area contributed by atoms with Crippen LogP contribution in [0, 0.1) is 12.7 Å². The van der Waals surface area contributed by atoms with Gasteiger partial charge in [0.25, 0.3) is 0 Å². The highest BCUT2D eigenvalue weighted by Gasteiger charge is 2.09. The highest BCUT2D eigenvalue weighted by atomic mass is 79.9. The van der Waals surface area contributed by atoms with Crippen molar-refractivity contribution in [3.05, 3.63) is 34.6 Å². The van der Waals surface area contributed by atoms with E-state index in [9.17, 15) is 9.18 Å². The Morgan fingerprint density at radius 3 is 2.71 bits per heavy atom. The second-order valence-electron chi connectivity index (χ2n) is 3.07. The van der Waals surface area contributed by atoms with Gasteiger partial charge in [-0.2, -0.15) is 0 Å². The number of halogens is 2. The van der Waals surface area contributed by atoms with E-state index in [0.717, 1.165) is 5.56 Å². The number of alkyl halides is 1. The zero-order valence-electron chi connectivity index (χ0n) is 7.68. The highest BCUT2D eigenvalue weighted by Crippen LogP contribution is 2.18. The predicted molar refractivity (Wildman–Crippen MR) is 55.1 cm³/mol. The smallest absolute Gasteiger partial charge is 0.307 e. The van der Waals surface area contributed by atoms with Gasteiger partial charge in [0, 0.05) is 5.33 Å². The summed E-state index contributed by atoms with van der Waals surface area (Å²) >= 11 is 3.20. The Bertz CT molecular complexity index is 363. The van der Waals surface area contributed by atoms with Gasteiger partial charge in [-0.05, 0) is 29.7 Å². The van der Waals surface area contributed by atoms with Crippen LogP contribution in [0.25, 0.3) is 0 Å². The van der Waals surface area contributed by atoms with Crippen LogP contribution in [-0.2, 0) is 16.5 Å². The van der Waals surface area contributed by atoms with Gasteiger partial charge in [0.1, 0.15) is 5.82 Å². The lowest BCUT2D eigenvalue weighted by Gasteiger charge is -2.06. The number of aliphatic carboxylic acids is 1. The number of hydrogen-bond acceptors (Lipinski definition) is 1. The van der Waals surface area contributed by atoms with Crippen LogP contribution in [0.1, 0.15) is 16.7 Å². The molecule has 1 N–H and O–H groups in total. The van der Waals surface area contributed by atoms with Gasteiger partial charge in [-0.1, -0.05) is 22.0 Å². The van der Waals surface area contributed by atoms with Crippen molar-refractivity contribution in [1.29, 1.82) is 0 Å². The van der Waals surface area contributed by atoms with Gasteiger partial charge in [-0.15, -0.1) is 0 Å². The summed E-state index contributed by atoms with van der Waals surface area (Å²) in [6.07, 6.45) is -0.135. The van der Waals surface area contributed by atoms with Crippen molar-refractivity contribution in [2.75, 3.05) is 0 Å². The Morgan fingerprint density at radius 2 is 2.21 bits per heavy atom. The minimum absolute atomic E-state index is 0.135. The van der Waals surface area contributed by atoms with Crippen LogP contribution in [0.2, 0.25) is 0 Å². The average Bonchev–Trinajstić information content (AvgIpc) is 2.11. The summed E-state index contributed by atoms with van der Waals surface area (Å²) in [5, 5.41) is 9.14. The monoisotopic (exact) mass is 260 g/mol. The Labute approximate surface area is 89.9 Å². The summed E-state index contributed by atoms with van der Waals surface area (Å²) < 4.78 is 13.3. The molecule has 0 radical (unpaired) electrons. The molecule has 0 bridgehead atoms. The number of carboxylic acid groups (broad SMARTS) is 1. The molecule has 1 aromatic rings. The first-order valence-corrected chi connectivity index (χ1v) is 5.22. The van der Waals surface area contributed by atoms with Gasteiger partial charge in [0.05, 0.1) is 6.42 Å². The van der Waals surface area contributed by atoms with Crippen molar-refractivity contribution in [3.8, 4) is 0 Å². The lowest BCUT2D eigenvalue weighted by molar-refractivity contribution is -0.136.